The monoisotopic (exact) mass is 874 g/mol. The summed E-state index contributed by atoms with van der Waals surface area (Å²) in [6, 6.07) is 30.8. The first-order chi connectivity index (χ1) is 26.9. The van der Waals surface area contributed by atoms with Crippen molar-refractivity contribution in [1.29, 1.82) is 0 Å². The van der Waals surface area contributed by atoms with Gasteiger partial charge in [-0.05, 0) is 133 Å². The van der Waals surface area contributed by atoms with Crippen molar-refractivity contribution in [2.45, 2.75) is 70.6 Å². The average molecular weight is 877 g/mol. The maximum atomic E-state index is 6.26. The third kappa shape index (κ3) is 9.05. The molecule has 0 N–H and O–H groups in total. The fourth-order valence-electron chi connectivity index (χ4n) is 8.14. The van der Waals surface area contributed by atoms with E-state index < -0.39 is 5.41 Å². The average Bonchev–Trinajstić information content (AvgIpc) is 3.45. The summed E-state index contributed by atoms with van der Waals surface area (Å²) in [6.45, 7) is 12.4. The smallest absolute Gasteiger partial charge is 0.119 e. The second kappa shape index (κ2) is 18.7. The molecule has 0 spiro atoms. The molecule has 0 radical (unpaired) electrons. The quantitative estimate of drug-likeness (QED) is 0.0646. The molecule has 4 aromatic rings. The van der Waals surface area contributed by atoms with Crippen LogP contribution in [0.2, 0.25) is 0 Å². The number of rotatable bonds is 22. The molecule has 4 aromatic carbocycles. The highest BCUT2D eigenvalue weighted by atomic mass is 79.9. The summed E-state index contributed by atoms with van der Waals surface area (Å²) >= 11 is 7.63. The minimum Gasteiger partial charge on any atom is -0.494 e. The number of fused-ring (bicyclic) bond motifs is 3. The van der Waals surface area contributed by atoms with Gasteiger partial charge in [-0.15, -0.1) is 0 Å². The Bertz CT molecular complexity index is 1690. The van der Waals surface area contributed by atoms with Gasteiger partial charge < -0.3 is 28.4 Å². The van der Waals surface area contributed by atoms with E-state index in [-0.39, 0.29) is 10.8 Å². The van der Waals surface area contributed by atoms with Crippen molar-refractivity contribution in [1.82, 2.24) is 0 Å². The molecule has 0 saturated carbocycles. The van der Waals surface area contributed by atoms with Gasteiger partial charge in [-0.3, -0.25) is 0 Å². The van der Waals surface area contributed by atoms with Crippen molar-refractivity contribution in [3.05, 3.63) is 116 Å². The summed E-state index contributed by atoms with van der Waals surface area (Å²) in [4.78, 5) is 0. The maximum absolute atomic E-state index is 6.26. The Morgan fingerprint density at radius 1 is 0.509 bits per heavy atom. The molecule has 0 atom stereocenters. The number of ether oxygens (including phenoxy) is 6. The first-order valence-electron chi connectivity index (χ1n) is 20.3. The first kappa shape index (κ1) is 40.5. The molecule has 6 nitrogen and oxygen atoms in total. The molecule has 0 bridgehead atoms. The Morgan fingerprint density at radius 3 is 1.27 bits per heavy atom. The van der Waals surface area contributed by atoms with Crippen LogP contribution in [-0.4, -0.2) is 66.1 Å². The van der Waals surface area contributed by atoms with Gasteiger partial charge in [0.05, 0.1) is 58.3 Å². The van der Waals surface area contributed by atoms with Crippen LogP contribution in [0, 0.1) is 10.8 Å². The van der Waals surface area contributed by atoms with E-state index in [4.69, 9.17) is 28.4 Å². The minimum absolute atomic E-state index is 0.252. The Kier molecular flexibility index (Phi) is 13.8. The van der Waals surface area contributed by atoms with Gasteiger partial charge in [0.25, 0.3) is 0 Å². The third-order valence-corrected chi connectivity index (χ3v) is 13.0. The lowest BCUT2D eigenvalue weighted by Crippen LogP contribution is -2.45. The van der Waals surface area contributed by atoms with E-state index in [0.29, 0.717) is 13.2 Å². The van der Waals surface area contributed by atoms with Gasteiger partial charge in [-0.2, -0.15) is 0 Å². The number of halogens is 2. The highest BCUT2D eigenvalue weighted by Gasteiger charge is 2.46. The Morgan fingerprint density at radius 2 is 0.909 bits per heavy atom. The summed E-state index contributed by atoms with van der Waals surface area (Å²) in [7, 11) is 0. The zero-order valence-corrected chi connectivity index (χ0v) is 35.7. The van der Waals surface area contributed by atoms with Crippen molar-refractivity contribution < 1.29 is 28.4 Å². The SMILES string of the molecule is CCC1(COCCCCCOc2ccc(C3(c4ccc(OCCCCCOCC5(CC)COC5)cc4)c4cc(Br)ccc4-c4ccc(Br)cc43)cc2)COC1. The van der Waals surface area contributed by atoms with Crippen LogP contribution in [0.4, 0.5) is 0 Å². The van der Waals surface area contributed by atoms with Crippen molar-refractivity contribution in [2.75, 3.05) is 66.1 Å². The zero-order valence-electron chi connectivity index (χ0n) is 32.5. The van der Waals surface area contributed by atoms with E-state index in [0.717, 1.165) is 125 Å². The van der Waals surface area contributed by atoms with Crippen LogP contribution in [-0.2, 0) is 24.4 Å². The molecule has 2 fully saturated rings. The molecule has 7 rings (SSSR count). The number of hydrogen-bond acceptors (Lipinski definition) is 6. The van der Waals surface area contributed by atoms with Gasteiger partial charge in [-0.25, -0.2) is 0 Å². The fourth-order valence-corrected chi connectivity index (χ4v) is 8.87. The Hall–Kier alpha value is -2.72. The van der Waals surface area contributed by atoms with Crippen molar-refractivity contribution >= 4 is 31.9 Å². The van der Waals surface area contributed by atoms with E-state index in [2.05, 4.69) is 131 Å². The normalized spacial score (nSPS) is 17.2. The molecule has 2 heterocycles. The molecule has 1 aliphatic carbocycles. The van der Waals surface area contributed by atoms with Crippen molar-refractivity contribution in [3.63, 3.8) is 0 Å². The molecule has 0 aromatic heterocycles. The molecule has 2 saturated heterocycles. The van der Waals surface area contributed by atoms with Crippen LogP contribution in [0.25, 0.3) is 11.1 Å². The maximum Gasteiger partial charge on any atom is 0.119 e. The zero-order chi connectivity index (χ0) is 38.1. The van der Waals surface area contributed by atoms with Crippen LogP contribution in [0.1, 0.15) is 87.5 Å². The van der Waals surface area contributed by atoms with Gasteiger partial charge in [-0.1, -0.05) is 82.1 Å². The summed E-state index contributed by atoms with van der Waals surface area (Å²) in [5.41, 5.74) is 7.37. The first-order valence-corrected chi connectivity index (χ1v) is 21.9. The lowest BCUT2D eigenvalue weighted by atomic mass is 9.67. The van der Waals surface area contributed by atoms with E-state index >= 15 is 0 Å². The van der Waals surface area contributed by atoms with Gasteiger partial charge >= 0.3 is 0 Å². The van der Waals surface area contributed by atoms with E-state index in [1.807, 2.05) is 0 Å². The van der Waals surface area contributed by atoms with Crippen LogP contribution in [0.3, 0.4) is 0 Å². The van der Waals surface area contributed by atoms with E-state index in [9.17, 15) is 0 Å². The topological polar surface area (TPSA) is 55.4 Å². The molecule has 294 valence electrons. The van der Waals surface area contributed by atoms with Crippen molar-refractivity contribution in [2.24, 2.45) is 10.8 Å². The van der Waals surface area contributed by atoms with Crippen LogP contribution < -0.4 is 9.47 Å². The number of benzene rings is 4. The minimum atomic E-state index is -0.529. The standard InChI is InChI=1S/C47H56Br2O6/c1-3-45(31-52-32-45)29-50-23-7-5-9-25-54-39-17-11-35(12-18-39)47(43-27-37(48)15-21-41(43)42-22-16-38(49)28-44(42)47)36-13-19-40(20-14-36)55-26-10-6-8-24-51-30-46(4-2)33-53-34-46/h11-22,27-28H,3-10,23-26,29-34H2,1-2H3. The Balaban J connectivity index is 0.997. The lowest BCUT2D eigenvalue weighted by Gasteiger charge is -2.40. The summed E-state index contributed by atoms with van der Waals surface area (Å²) in [6.07, 6.45) is 8.49. The largest absolute Gasteiger partial charge is 0.494 e. The van der Waals surface area contributed by atoms with Gasteiger partial charge in [0.15, 0.2) is 0 Å². The van der Waals surface area contributed by atoms with E-state index in [1.165, 1.54) is 33.4 Å². The predicted molar refractivity (Wildman–Crippen MR) is 227 cm³/mol. The number of unbranched alkanes of at least 4 members (excludes halogenated alkanes) is 4. The Labute approximate surface area is 344 Å². The van der Waals surface area contributed by atoms with Crippen molar-refractivity contribution in [3.8, 4) is 22.6 Å². The molecule has 2 aliphatic heterocycles. The highest BCUT2D eigenvalue weighted by Crippen LogP contribution is 2.57. The molecule has 0 amide bonds. The number of hydrogen-bond donors (Lipinski definition) is 0. The molecular weight excluding hydrogens is 820 g/mol. The predicted octanol–water partition coefficient (Wildman–Crippen LogP) is 11.6. The molecular formula is C47H56Br2O6. The third-order valence-electron chi connectivity index (χ3n) is 12.0. The molecule has 0 unspecified atom stereocenters. The second-order valence-corrected chi connectivity index (χ2v) is 17.6. The summed E-state index contributed by atoms with van der Waals surface area (Å²) < 4.78 is 37.4. The highest BCUT2D eigenvalue weighted by molar-refractivity contribution is 9.10. The lowest BCUT2D eigenvalue weighted by molar-refractivity contribution is -0.150. The van der Waals surface area contributed by atoms with Gasteiger partial charge in [0.1, 0.15) is 11.5 Å². The molecule has 3 aliphatic rings. The van der Waals surface area contributed by atoms with Crippen LogP contribution >= 0.6 is 31.9 Å². The van der Waals surface area contributed by atoms with Crippen LogP contribution in [0.5, 0.6) is 11.5 Å². The van der Waals surface area contributed by atoms with Gasteiger partial charge in [0, 0.05) is 33.0 Å². The van der Waals surface area contributed by atoms with E-state index in [1.54, 1.807) is 0 Å². The molecule has 8 heteroatoms. The molecule has 55 heavy (non-hydrogen) atoms. The fraction of sp³-hybridized carbons (Fsp3) is 0.489. The van der Waals surface area contributed by atoms with Gasteiger partial charge in [0.2, 0.25) is 0 Å². The summed E-state index contributed by atoms with van der Waals surface area (Å²) in [5, 5.41) is 0. The second-order valence-electron chi connectivity index (χ2n) is 15.8. The van der Waals surface area contributed by atoms with Crippen LogP contribution in [0.15, 0.2) is 93.9 Å². The summed E-state index contributed by atoms with van der Waals surface area (Å²) in [5.74, 6) is 1.78.